The number of aryl methyl sites for hydroxylation is 1. The van der Waals surface area contributed by atoms with Gasteiger partial charge in [-0.05, 0) is 36.3 Å². The third-order valence-corrected chi connectivity index (χ3v) is 7.31. The summed E-state index contributed by atoms with van der Waals surface area (Å²) in [6.07, 6.45) is -0.509. The Bertz CT molecular complexity index is 887. The van der Waals surface area contributed by atoms with Crippen LogP contribution in [0.15, 0.2) is 29.2 Å². The van der Waals surface area contributed by atoms with Crippen molar-refractivity contribution in [2.75, 3.05) is 12.3 Å². The summed E-state index contributed by atoms with van der Waals surface area (Å²) in [6, 6.07) is 3.40. The average Bonchev–Trinajstić information content (AvgIpc) is 2.67. The van der Waals surface area contributed by atoms with Gasteiger partial charge in [-0.3, -0.25) is 19.2 Å². The Balaban J connectivity index is 2.83. The number of carboxylic acid groups (broad SMARTS) is 2. The molecule has 11 nitrogen and oxygen atoms in total. The molecule has 0 saturated carbocycles. The highest BCUT2D eigenvalue weighted by Gasteiger charge is 2.26. The van der Waals surface area contributed by atoms with Crippen molar-refractivity contribution < 1.29 is 37.8 Å². The summed E-state index contributed by atoms with van der Waals surface area (Å²) in [7, 11) is -3.43. The largest absolute Gasteiger partial charge is 0.480 e. The first-order valence-electron chi connectivity index (χ1n) is 8.65. The number of amides is 2. The molecule has 0 spiro atoms. The monoisotopic (exact) mass is 461 g/mol. The molecule has 0 aliphatic rings. The van der Waals surface area contributed by atoms with Gasteiger partial charge in [0.1, 0.15) is 18.6 Å². The SMILES string of the molecule is Cc1ccc(S(=O)(=O)SCC(NC(=O)CCC(N)C(=O)O)C(=O)NCC(=O)O)cc1. The fourth-order valence-electron chi connectivity index (χ4n) is 2.08. The molecule has 2 amide bonds. The van der Waals surface area contributed by atoms with E-state index in [0.29, 0.717) is 10.8 Å². The molecule has 13 heteroatoms. The van der Waals surface area contributed by atoms with Crippen molar-refractivity contribution in [3.05, 3.63) is 29.8 Å². The normalized spacial score (nSPS) is 13.1. The summed E-state index contributed by atoms with van der Waals surface area (Å²) < 4.78 is 24.9. The lowest BCUT2D eigenvalue weighted by Gasteiger charge is -2.18. The Hall–Kier alpha value is -2.64. The molecule has 1 aromatic rings. The molecule has 0 radical (unpaired) electrons. The van der Waals surface area contributed by atoms with Gasteiger partial charge in [0, 0.05) is 12.2 Å². The minimum atomic E-state index is -3.84. The molecule has 1 aromatic carbocycles. The number of aliphatic carboxylic acids is 2. The third kappa shape index (κ3) is 8.80. The number of hydrogen-bond donors (Lipinski definition) is 5. The van der Waals surface area contributed by atoms with Gasteiger partial charge in [0.25, 0.3) is 0 Å². The lowest BCUT2D eigenvalue weighted by Crippen LogP contribution is -2.49. The summed E-state index contributed by atoms with van der Waals surface area (Å²) in [5, 5.41) is 21.8. The molecular formula is C17H23N3O8S2. The molecule has 166 valence electrons. The van der Waals surface area contributed by atoms with Gasteiger partial charge in [-0.2, -0.15) is 0 Å². The van der Waals surface area contributed by atoms with E-state index in [2.05, 4.69) is 10.6 Å². The zero-order chi connectivity index (χ0) is 22.9. The number of nitrogens with one attached hydrogen (secondary N) is 2. The van der Waals surface area contributed by atoms with Crippen molar-refractivity contribution >= 4 is 43.4 Å². The molecule has 2 unspecified atom stereocenters. The van der Waals surface area contributed by atoms with Gasteiger partial charge in [-0.1, -0.05) is 17.7 Å². The topological polar surface area (TPSA) is 193 Å². The van der Waals surface area contributed by atoms with E-state index in [0.717, 1.165) is 5.56 Å². The lowest BCUT2D eigenvalue weighted by molar-refractivity contribution is -0.139. The molecule has 0 fully saturated rings. The Morgan fingerprint density at radius 2 is 1.73 bits per heavy atom. The summed E-state index contributed by atoms with van der Waals surface area (Å²) in [4.78, 5) is 45.6. The van der Waals surface area contributed by atoms with E-state index in [1.165, 1.54) is 12.1 Å². The molecule has 0 aromatic heterocycles. The first-order valence-corrected chi connectivity index (χ1v) is 11.6. The van der Waals surface area contributed by atoms with E-state index in [1.54, 1.807) is 19.1 Å². The van der Waals surface area contributed by atoms with Crippen molar-refractivity contribution in [2.45, 2.75) is 36.7 Å². The van der Waals surface area contributed by atoms with Crippen molar-refractivity contribution in [1.29, 1.82) is 0 Å². The summed E-state index contributed by atoms with van der Waals surface area (Å²) >= 11 is 0. The van der Waals surface area contributed by atoms with Crippen molar-refractivity contribution in [3.8, 4) is 0 Å². The van der Waals surface area contributed by atoms with Crippen LogP contribution in [-0.2, 0) is 28.0 Å². The number of nitrogens with two attached hydrogens (primary N) is 1. The maximum atomic E-state index is 12.5. The van der Waals surface area contributed by atoms with E-state index in [1.807, 2.05) is 0 Å². The van der Waals surface area contributed by atoms with Gasteiger partial charge >= 0.3 is 11.9 Å². The van der Waals surface area contributed by atoms with Gasteiger partial charge in [0.2, 0.25) is 20.7 Å². The average molecular weight is 462 g/mol. The first kappa shape index (κ1) is 25.4. The molecule has 1 rings (SSSR count). The highest BCUT2D eigenvalue weighted by molar-refractivity contribution is 8.72. The number of carboxylic acids is 2. The Morgan fingerprint density at radius 1 is 1.13 bits per heavy atom. The molecule has 6 N–H and O–H groups in total. The first-order chi connectivity index (χ1) is 13.9. The van der Waals surface area contributed by atoms with Gasteiger partial charge in [-0.25, -0.2) is 8.42 Å². The van der Waals surface area contributed by atoms with Crippen molar-refractivity contribution in [2.24, 2.45) is 5.73 Å². The minimum absolute atomic E-state index is 0.0153. The molecular weight excluding hydrogens is 438 g/mol. The molecule has 0 saturated heterocycles. The summed E-state index contributed by atoms with van der Waals surface area (Å²) in [5.41, 5.74) is 6.18. The van der Waals surface area contributed by atoms with E-state index in [-0.39, 0.29) is 17.7 Å². The molecule has 0 aliphatic heterocycles. The van der Waals surface area contributed by atoms with E-state index < -0.39 is 57.0 Å². The number of carbonyl (C=O) groups excluding carboxylic acids is 2. The van der Waals surface area contributed by atoms with Crippen LogP contribution in [0.1, 0.15) is 18.4 Å². The third-order valence-electron chi connectivity index (χ3n) is 3.76. The van der Waals surface area contributed by atoms with E-state index in [9.17, 15) is 27.6 Å². The van der Waals surface area contributed by atoms with Crippen LogP contribution in [0.5, 0.6) is 0 Å². The smallest absolute Gasteiger partial charge is 0.322 e. The quantitative estimate of drug-likeness (QED) is 0.248. The molecule has 30 heavy (non-hydrogen) atoms. The second-order valence-electron chi connectivity index (χ2n) is 6.27. The van der Waals surface area contributed by atoms with Crippen LogP contribution in [-0.4, -0.2) is 66.8 Å². The van der Waals surface area contributed by atoms with Crippen molar-refractivity contribution in [1.82, 2.24) is 10.6 Å². The Labute approximate surface area is 176 Å². The zero-order valence-electron chi connectivity index (χ0n) is 16.0. The van der Waals surface area contributed by atoms with Gasteiger partial charge in [0.05, 0.1) is 4.90 Å². The molecule has 0 aliphatic carbocycles. The second kappa shape index (κ2) is 11.5. The predicted octanol–water partition coefficient (Wildman–Crippen LogP) is -0.705. The zero-order valence-corrected chi connectivity index (χ0v) is 17.7. The molecule has 0 heterocycles. The number of hydrogen-bond acceptors (Lipinski definition) is 8. The number of benzene rings is 1. The highest BCUT2D eigenvalue weighted by atomic mass is 33.1. The van der Waals surface area contributed by atoms with Crippen LogP contribution in [0, 0.1) is 6.92 Å². The van der Waals surface area contributed by atoms with E-state index in [4.69, 9.17) is 15.9 Å². The van der Waals surface area contributed by atoms with Crippen LogP contribution in [0.25, 0.3) is 0 Å². The Kier molecular flexibility index (Phi) is 9.75. The van der Waals surface area contributed by atoms with Gasteiger partial charge in [0.15, 0.2) is 0 Å². The molecule has 0 bridgehead atoms. The molecule has 2 atom stereocenters. The van der Waals surface area contributed by atoms with Gasteiger partial charge in [-0.15, -0.1) is 0 Å². The van der Waals surface area contributed by atoms with Crippen LogP contribution < -0.4 is 16.4 Å². The standard InChI is InChI=1S/C17H23N3O8S2/c1-10-2-4-11(5-3-10)30(27,28)29-9-13(16(24)19-8-15(22)23)20-14(21)7-6-12(18)17(25)26/h2-5,12-13H,6-9,18H2,1H3,(H,19,24)(H,20,21)(H,22,23)(H,25,26). The maximum Gasteiger partial charge on any atom is 0.322 e. The Morgan fingerprint density at radius 3 is 2.27 bits per heavy atom. The minimum Gasteiger partial charge on any atom is -0.480 e. The van der Waals surface area contributed by atoms with Crippen LogP contribution in [0.2, 0.25) is 0 Å². The number of rotatable bonds is 12. The van der Waals surface area contributed by atoms with Gasteiger partial charge < -0.3 is 26.6 Å². The van der Waals surface area contributed by atoms with Crippen LogP contribution in [0.3, 0.4) is 0 Å². The van der Waals surface area contributed by atoms with Crippen molar-refractivity contribution in [3.63, 3.8) is 0 Å². The lowest BCUT2D eigenvalue weighted by atomic mass is 10.1. The van der Waals surface area contributed by atoms with Crippen LogP contribution in [0.4, 0.5) is 0 Å². The fourth-order valence-corrected chi connectivity index (χ4v) is 4.92. The highest BCUT2D eigenvalue weighted by Crippen LogP contribution is 2.24. The summed E-state index contributed by atoms with van der Waals surface area (Å²) in [5.74, 6) is -4.62. The van der Waals surface area contributed by atoms with Crippen LogP contribution >= 0.6 is 10.8 Å². The fraction of sp³-hybridized carbons (Fsp3) is 0.412. The predicted molar refractivity (Wildman–Crippen MR) is 108 cm³/mol. The maximum absolute atomic E-state index is 12.5. The summed E-state index contributed by atoms with van der Waals surface area (Å²) in [6.45, 7) is 1.07. The van der Waals surface area contributed by atoms with E-state index >= 15 is 0 Å². The second-order valence-corrected chi connectivity index (χ2v) is 10.2. The number of carbonyl (C=O) groups is 4.